The van der Waals surface area contributed by atoms with Crippen LogP contribution in [-0.2, 0) is 0 Å². The van der Waals surface area contributed by atoms with Crippen molar-refractivity contribution in [2.24, 2.45) is 0 Å². The van der Waals surface area contributed by atoms with Gasteiger partial charge in [0.25, 0.3) is 11.6 Å². The summed E-state index contributed by atoms with van der Waals surface area (Å²) in [6.07, 6.45) is 0.987. The quantitative estimate of drug-likeness (QED) is 0.584. The van der Waals surface area contributed by atoms with Crippen LogP contribution < -0.4 is 11.1 Å². The summed E-state index contributed by atoms with van der Waals surface area (Å²) in [5.74, 6) is -0.467. The lowest BCUT2D eigenvalue weighted by molar-refractivity contribution is -0.385. The number of nitrogens with zero attached hydrogens (tertiary/aromatic N) is 3. The van der Waals surface area contributed by atoms with E-state index in [9.17, 15) is 14.9 Å². The van der Waals surface area contributed by atoms with Crippen molar-refractivity contribution in [3.63, 3.8) is 0 Å². The molecule has 1 heterocycles. The van der Waals surface area contributed by atoms with Gasteiger partial charge in [0, 0.05) is 12.6 Å². The predicted octanol–water partition coefficient (Wildman–Crippen LogP) is 0.252. The van der Waals surface area contributed by atoms with E-state index in [0.717, 1.165) is 6.20 Å². The fourth-order valence-corrected chi connectivity index (χ4v) is 1.69. The van der Waals surface area contributed by atoms with Crippen LogP contribution in [0.3, 0.4) is 0 Å². The molecule has 1 aromatic rings. The zero-order valence-electron chi connectivity index (χ0n) is 11.1. The van der Waals surface area contributed by atoms with E-state index in [0.29, 0.717) is 6.54 Å². The molecule has 0 aliphatic carbocycles. The van der Waals surface area contributed by atoms with Crippen molar-refractivity contribution in [1.82, 2.24) is 15.2 Å². The second kappa shape index (κ2) is 6.10. The van der Waals surface area contributed by atoms with Crippen LogP contribution in [0.1, 0.15) is 17.3 Å². The average molecular weight is 267 g/mol. The number of nitrogens with two attached hydrogens (primary N) is 1. The minimum absolute atomic E-state index is 0.0658. The van der Waals surface area contributed by atoms with Crippen molar-refractivity contribution >= 4 is 17.4 Å². The first kappa shape index (κ1) is 14.8. The molecular weight excluding hydrogens is 250 g/mol. The molecule has 1 unspecified atom stereocenters. The van der Waals surface area contributed by atoms with Crippen molar-refractivity contribution in [3.8, 4) is 0 Å². The number of hydrogen-bond acceptors (Lipinski definition) is 6. The van der Waals surface area contributed by atoms with Crippen molar-refractivity contribution in [1.29, 1.82) is 0 Å². The summed E-state index contributed by atoms with van der Waals surface area (Å²) in [5, 5.41) is 13.5. The molecule has 1 aromatic heterocycles. The highest BCUT2D eigenvalue weighted by Crippen LogP contribution is 2.18. The topological polar surface area (TPSA) is 114 Å². The van der Waals surface area contributed by atoms with Gasteiger partial charge in [-0.25, -0.2) is 4.98 Å². The largest absolute Gasteiger partial charge is 0.384 e. The molecule has 8 heteroatoms. The Labute approximate surface area is 110 Å². The van der Waals surface area contributed by atoms with Gasteiger partial charge in [-0.15, -0.1) is 0 Å². The summed E-state index contributed by atoms with van der Waals surface area (Å²) in [5.41, 5.74) is 5.02. The average Bonchev–Trinajstić information content (AvgIpc) is 2.26. The third kappa shape index (κ3) is 4.18. The van der Waals surface area contributed by atoms with Gasteiger partial charge in [-0.3, -0.25) is 14.9 Å². The molecule has 0 aromatic carbocycles. The Bertz CT molecular complexity index is 489. The lowest BCUT2D eigenvalue weighted by Gasteiger charge is -2.18. The van der Waals surface area contributed by atoms with Crippen molar-refractivity contribution < 1.29 is 9.72 Å². The number of hydrogen-bond donors (Lipinski definition) is 2. The van der Waals surface area contributed by atoms with Gasteiger partial charge in [0.15, 0.2) is 0 Å². The predicted molar refractivity (Wildman–Crippen MR) is 70.8 cm³/mol. The highest BCUT2D eigenvalue weighted by Gasteiger charge is 2.22. The molecule has 0 radical (unpaired) electrons. The maximum atomic E-state index is 12.0. The first-order valence-corrected chi connectivity index (χ1v) is 5.66. The summed E-state index contributed by atoms with van der Waals surface area (Å²) in [6, 6.07) is 1.06. The number of aromatic nitrogens is 1. The highest BCUT2D eigenvalue weighted by molar-refractivity contribution is 5.98. The number of pyridine rings is 1. The molecule has 1 amide bonds. The molecule has 0 aliphatic rings. The SMILES string of the molecule is CC(CN(C)C)NC(=O)c1cc(N)ncc1[N+](=O)[O-]. The second-order valence-corrected chi connectivity index (χ2v) is 4.52. The normalized spacial score (nSPS) is 12.2. The van der Waals surface area contributed by atoms with Crippen LogP contribution in [0.15, 0.2) is 12.3 Å². The van der Waals surface area contributed by atoms with Gasteiger partial charge in [-0.05, 0) is 27.1 Å². The van der Waals surface area contributed by atoms with E-state index in [2.05, 4.69) is 10.3 Å². The Hall–Kier alpha value is -2.22. The summed E-state index contributed by atoms with van der Waals surface area (Å²) < 4.78 is 0. The number of carbonyl (C=O) groups is 1. The first-order chi connectivity index (χ1) is 8.81. The third-order valence-electron chi connectivity index (χ3n) is 2.36. The van der Waals surface area contributed by atoms with Crippen LogP contribution in [-0.4, -0.2) is 47.4 Å². The smallest absolute Gasteiger partial charge is 0.300 e. The van der Waals surface area contributed by atoms with Gasteiger partial charge in [0.1, 0.15) is 17.6 Å². The standard InChI is InChI=1S/C11H17N5O3/c1-7(6-15(2)3)14-11(17)8-4-10(12)13-5-9(8)16(18)19/h4-5,7H,6H2,1-3H3,(H2,12,13)(H,14,17). The lowest BCUT2D eigenvalue weighted by Crippen LogP contribution is -2.39. The number of carbonyl (C=O) groups excluding carboxylic acids is 1. The Kier molecular flexibility index (Phi) is 4.76. The number of likely N-dealkylation sites (N-methyl/N-ethyl adjacent to an activating group) is 1. The molecule has 104 valence electrons. The number of nitrogen functional groups attached to an aromatic ring is 1. The Morgan fingerprint density at radius 1 is 1.63 bits per heavy atom. The molecular formula is C11H17N5O3. The van der Waals surface area contributed by atoms with Crippen LogP contribution in [0, 0.1) is 10.1 Å². The molecule has 8 nitrogen and oxygen atoms in total. The summed E-state index contributed by atoms with van der Waals surface area (Å²) in [4.78, 5) is 27.7. The molecule has 3 N–H and O–H groups in total. The second-order valence-electron chi connectivity index (χ2n) is 4.52. The highest BCUT2D eigenvalue weighted by atomic mass is 16.6. The van der Waals surface area contributed by atoms with E-state index < -0.39 is 10.8 Å². The molecule has 0 saturated carbocycles. The van der Waals surface area contributed by atoms with E-state index in [1.165, 1.54) is 6.07 Å². The van der Waals surface area contributed by atoms with Gasteiger partial charge in [-0.1, -0.05) is 0 Å². The zero-order valence-corrected chi connectivity index (χ0v) is 11.1. The summed E-state index contributed by atoms with van der Waals surface area (Å²) >= 11 is 0. The Morgan fingerprint density at radius 3 is 2.79 bits per heavy atom. The molecule has 0 bridgehead atoms. The van der Waals surface area contributed by atoms with E-state index >= 15 is 0 Å². The van der Waals surface area contributed by atoms with Crippen molar-refractivity contribution in [2.75, 3.05) is 26.4 Å². The molecule has 0 aliphatic heterocycles. The molecule has 1 rings (SSSR count). The van der Waals surface area contributed by atoms with Gasteiger partial charge in [0.2, 0.25) is 0 Å². The van der Waals surface area contributed by atoms with Crippen molar-refractivity contribution in [2.45, 2.75) is 13.0 Å². The van der Waals surface area contributed by atoms with Gasteiger partial charge in [-0.2, -0.15) is 0 Å². The van der Waals surface area contributed by atoms with Gasteiger partial charge < -0.3 is 16.0 Å². The Morgan fingerprint density at radius 2 is 2.26 bits per heavy atom. The fraction of sp³-hybridized carbons (Fsp3) is 0.455. The number of amides is 1. The molecule has 0 fully saturated rings. The number of rotatable bonds is 5. The number of nitrogens with one attached hydrogen (secondary N) is 1. The third-order valence-corrected chi connectivity index (χ3v) is 2.36. The van der Waals surface area contributed by atoms with Gasteiger partial charge in [0.05, 0.1) is 4.92 Å². The molecule has 0 spiro atoms. The number of anilines is 1. The minimum atomic E-state index is -0.655. The zero-order chi connectivity index (χ0) is 14.6. The molecule has 0 saturated heterocycles. The molecule has 19 heavy (non-hydrogen) atoms. The minimum Gasteiger partial charge on any atom is -0.384 e. The van der Waals surface area contributed by atoms with Crippen LogP contribution in [0.5, 0.6) is 0 Å². The Balaban J connectivity index is 2.92. The summed E-state index contributed by atoms with van der Waals surface area (Å²) in [6.45, 7) is 2.44. The first-order valence-electron chi connectivity index (χ1n) is 5.66. The maximum absolute atomic E-state index is 12.0. The van der Waals surface area contributed by atoms with Crippen LogP contribution >= 0.6 is 0 Å². The van der Waals surface area contributed by atoms with Crippen LogP contribution in [0.4, 0.5) is 11.5 Å². The van der Waals surface area contributed by atoms with Crippen LogP contribution in [0.2, 0.25) is 0 Å². The molecule has 1 atom stereocenters. The fourth-order valence-electron chi connectivity index (χ4n) is 1.69. The number of nitro groups is 1. The van der Waals surface area contributed by atoms with E-state index in [1.807, 2.05) is 25.9 Å². The van der Waals surface area contributed by atoms with Crippen molar-refractivity contribution in [3.05, 3.63) is 27.9 Å². The maximum Gasteiger partial charge on any atom is 0.300 e. The van der Waals surface area contributed by atoms with Crippen LogP contribution in [0.25, 0.3) is 0 Å². The van der Waals surface area contributed by atoms with E-state index in [-0.39, 0.29) is 23.1 Å². The summed E-state index contributed by atoms with van der Waals surface area (Å²) in [7, 11) is 3.74. The van der Waals surface area contributed by atoms with Gasteiger partial charge >= 0.3 is 0 Å². The lowest BCUT2D eigenvalue weighted by atomic mass is 10.2. The monoisotopic (exact) mass is 267 g/mol. The van der Waals surface area contributed by atoms with E-state index in [4.69, 9.17) is 5.73 Å². The van der Waals surface area contributed by atoms with E-state index in [1.54, 1.807) is 0 Å².